The Balaban J connectivity index is 2.20. The van der Waals surface area contributed by atoms with Crippen molar-refractivity contribution in [2.45, 2.75) is 13.3 Å². The maximum atomic E-state index is 12.3. The van der Waals surface area contributed by atoms with Crippen molar-refractivity contribution >= 4 is 27.5 Å². The molecule has 0 atom stereocenters. The minimum Gasteiger partial charge on any atom is -0.311 e. The van der Waals surface area contributed by atoms with Gasteiger partial charge >= 0.3 is 0 Å². The molecule has 0 spiro atoms. The van der Waals surface area contributed by atoms with Crippen LogP contribution in [0.5, 0.6) is 0 Å². The molecule has 0 saturated heterocycles. The second-order valence-corrected chi connectivity index (χ2v) is 5.31. The minimum atomic E-state index is -0.00301. The first-order chi connectivity index (χ1) is 9.11. The van der Waals surface area contributed by atoms with E-state index < -0.39 is 0 Å². The van der Waals surface area contributed by atoms with Crippen LogP contribution in [-0.4, -0.2) is 13.0 Å². The van der Waals surface area contributed by atoms with Crippen LogP contribution in [0.3, 0.4) is 0 Å². The lowest BCUT2D eigenvalue weighted by molar-refractivity contribution is 0.0993. The third kappa shape index (κ3) is 3.24. The van der Waals surface area contributed by atoms with Gasteiger partial charge in [0, 0.05) is 22.8 Å². The van der Waals surface area contributed by atoms with E-state index in [-0.39, 0.29) is 5.91 Å². The van der Waals surface area contributed by atoms with Gasteiger partial charge in [-0.05, 0) is 48.4 Å². The lowest BCUT2D eigenvalue weighted by Crippen LogP contribution is -2.26. The van der Waals surface area contributed by atoms with E-state index in [9.17, 15) is 4.79 Å². The second-order valence-electron chi connectivity index (χ2n) is 4.39. The van der Waals surface area contributed by atoms with Crippen molar-refractivity contribution in [2.24, 2.45) is 0 Å². The van der Waals surface area contributed by atoms with Crippen LogP contribution < -0.4 is 4.90 Å². The van der Waals surface area contributed by atoms with E-state index in [0.717, 1.165) is 16.6 Å². The summed E-state index contributed by atoms with van der Waals surface area (Å²) in [6.45, 7) is 2.12. The molecule has 3 heteroatoms. The van der Waals surface area contributed by atoms with Gasteiger partial charge in [-0.25, -0.2) is 0 Å². The van der Waals surface area contributed by atoms with Gasteiger partial charge in [-0.2, -0.15) is 0 Å². The van der Waals surface area contributed by atoms with Gasteiger partial charge in [0.1, 0.15) is 0 Å². The van der Waals surface area contributed by atoms with E-state index in [4.69, 9.17) is 0 Å². The molecule has 0 bridgehead atoms. The highest BCUT2D eigenvalue weighted by molar-refractivity contribution is 9.10. The zero-order valence-electron chi connectivity index (χ0n) is 11.1. The fourth-order valence-corrected chi connectivity index (χ4v) is 2.12. The number of benzene rings is 2. The zero-order chi connectivity index (χ0) is 13.8. The first kappa shape index (κ1) is 13.8. The Hall–Kier alpha value is -1.61. The smallest absolute Gasteiger partial charge is 0.258 e. The molecule has 2 nitrogen and oxygen atoms in total. The second kappa shape index (κ2) is 6.02. The summed E-state index contributed by atoms with van der Waals surface area (Å²) in [5.41, 5.74) is 2.86. The number of nitrogens with zero attached hydrogens (tertiary/aromatic N) is 1. The molecular weight excluding hydrogens is 302 g/mol. The van der Waals surface area contributed by atoms with Crippen LogP contribution in [0.2, 0.25) is 0 Å². The van der Waals surface area contributed by atoms with Crippen LogP contribution in [0.1, 0.15) is 22.8 Å². The summed E-state index contributed by atoms with van der Waals surface area (Å²) in [7, 11) is 1.80. The van der Waals surface area contributed by atoms with E-state index in [2.05, 4.69) is 35.0 Å². The first-order valence-corrected chi connectivity index (χ1v) is 7.03. The average molecular weight is 318 g/mol. The molecule has 0 aliphatic heterocycles. The number of hydrogen-bond acceptors (Lipinski definition) is 1. The van der Waals surface area contributed by atoms with Crippen LogP contribution >= 0.6 is 15.9 Å². The van der Waals surface area contributed by atoms with E-state index >= 15 is 0 Å². The van der Waals surface area contributed by atoms with Gasteiger partial charge in [0.15, 0.2) is 0 Å². The molecular formula is C16H16BrNO. The van der Waals surface area contributed by atoms with Crippen molar-refractivity contribution < 1.29 is 4.79 Å². The summed E-state index contributed by atoms with van der Waals surface area (Å²) in [4.78, 5) is 14.0. The molecule has 19 heavy (non-hydrogen) atoms. The molecule has 0 radical (unpaired) electrons. The van der Waals surface area contributed by atoms with Crippen molar-refractivity contribution in [1.82, 2.24) is 0 Å². The van der Waals surface area contributed by atoms with Crippen molar-refractivity contribution in [3.05, 3.63) is 64.1 Å². The van der Waals surface area contributed by atoms with Gasteiger partial charge < -0.3 is 4.90 Å². The monoisotopic (exact) mass is 317 g/mol. The van der Waals surface area contributed by atoms with Crippen LogP contribution in [0.4, 0.5) is 5.69 Å². The minimum absolute atomic E-state index is 0.00301. The fraction of sp³-hybridized carbons (Fsp3) is 0.188. The van der Waals surface area contributed by atoms with Gasteiger partial charge in [0.25, 0.3) is 5.91 Å². The number of hydrogen-bond donors (Lipinski definition) is 0. The number of rotatable bonds is 3. The highest BCUT2D eigenvalue weighted by atomic mass is 79.9. The molecule has 2 aromatic carbocycles. The number of anilines is 1. The van der Waals surface area contributed by atoms with Gasteiger partial charge in [-0.1, -0.05) is 35.0 Å². The summed E-state index contributed by atoms with van der Waals surface area (Å²) in [5.74, 6) is -0.00301. The maximum Gasteiger partial charge on any atom is 0.258 e. The number of carbonyl (C=O) groups is 1. The Kier molecular flexibility index (Phi) is 4.38. The Morgan fingerprint density at radius 2 is 1.63 bits per heavy atom. The quantitative estimate of drug-likeness (QED) is 0.827. The normalized spacial score (nSPS) is 10.3. The summed E-state index contributed by atoms with van der Waals surface area (Å²) < 4.78 is 0.971. The Bertz CT molecular complexity index is 560. The standard InChI is InChI=1S/C16H16BrNO/c1-3-12-4-10-15(11-5-12)18(2)16(19)13-6-8-14(17)9-7-13/h4-11H,3H2,1-2H3. The van der Waals surface area contributed by atoms with Gasteiger partial charge in [-0.3, -0.25) is 4.79 Å². The molecule has 98 valence electrons. The maximum absolute atomic E-state index is 12.3. The predicted molar refractivity (Wildman–Crippen MR) is 82.7 cm³/mol. The highest BCUT2D eigenvalue weighted by Crippen LogP contribution is 2.18. The molecule has 0 N–H and O–H groups in total. The molecule has 0 aromatic heterocycles. The van der Waals surface area contributed by atoms with E-state index in [0.29, 0.717) is 5.56 Å². The van der Waals surface area contributed by atoms with Crippen LogP contribution in [0, 0.1) is 0 Å². The third-order valence-electron chi connectivity index (χ3n) is 3.13. The van der Waals surface area contributed by atoms with E-state index in [1.165, 1.54) is 5.56 Å². The van der Waals surface area contributed by atoms with E-state index in [1.54, 1.807) is 11.9 Å². The molecule has 2 rings (SSSR count). The van der Waals surface area contributed by atoms with Gasteiger partial charge in [0.2, 0.25) is 0 Å². The summed E-state index contributed by atoms with van der Waals surface area (Å²) >= 11 is 3.37. The number of aryl methyl sites for hydroxylation is 1. The predicted octanol–water partition coefficient (Wildman–Crippen LogP) is 4.29. The summed E-state index contributed by atoms with van der Waals surface area (Å²) in [6.07, 6.45) is 1.00. The zero-order valence-corrected chi connectivity index (χ0v) is 12.6. The molecule has 0 heterocycles. The lowest BCUT2D eigenvalue weighted by atomic mass is 10.1. The number of amides is 1. The average Bonchev–Trinajstić information content (AvgIpc) is 2.46. The lowest BCUT2D eigenvalue weighted by Gasteiger charge is -2.17. The fourth-order valence-electron chi connectivity index (χ4n) is 1.86. The van der Waals surface area contributed by atoms with Crippen LogP contribution in [0.15, 0.2) is 53.0 Å². The number of halogens is 1. The molecule has 0 fully saturated rings. The summed E-state index contributed by atoms with van der Waals surface area (Å²) in [5, 5.41) is 0. The molecule has 0 unspecified atom stereocenters. The van der Waals surface area contributed by atoms with Crippen molar-refractivity contribution in [3.8, 4) is 0 Å². The molecule has 2 aromatic rings. The molecule has 0 saturated carbocycles. The third-order valence-corrected chi connectivity index (χ3v) is 3.66. The highest BCUT2D eigenvalue weighted by Gasteiger charge is 2.12. The SMILES string of the molecule is CCc1ccc(N(C)C(=O)c2ccc(Br)cc2)cc1. The summed E-state index contributed by atoms with van der Waals surface area (Å²) in [6, 6.07) is 15.5. The van der Waals surface area contributed by atoms with Crippen LogP contribution in [-0.2, 0) is 6.42 Å². The molecule has 0 aliphatic carbocycles. The van der Waals surface area contributed by atoms with E-state index in [1.807, 2.05) is 36.4 Å². The Morgan fingerprint density at radius 3 is 2.16 bits per heavy atom. The molecule has 0 aliphatic rings. The van der Waals surface area contributed by atoms with Crippen molar-refractivity contribution in [3.63, 3.8) is 0 Å². The van der Waals surface area contributed by atoms with Crippen molar-refractivity contribution in [2.75, 3.05) is 11.9 Å². The number of carbonyl (C=O) groups excluding carboxylic acids is 1. The topological polar surface area (TPSA) is 20.3 Å². The molecule has 1 amide bonds. The van der Waals surface area contributed by atoms with Crippen LogP contribution in [0.25, 0.3) is 0 Å². The van der Waals surface area contributed by atoms with Crippen molar-refractivity contribution in [1.29, 1.82) is 0 Å². The largest absolute Gasteiger partial charge is 0.311 e. The van der Waals surface area contributed by atoms with Gasteiger partial charge in [0.05, 0.1) is 0 Å². The van der Waals surface area contributed by atoms with Gasteiger partial charge in [-0.15, -0.1) is 0 Å². The first-order valence-electron chi connectivity index (χ1n) is 6.24. The Labute approximate surface area is 122 Å². The Morgan fingerprint density at radius 1 is 1.05 bits per heavy atom.